The van der Waals surface area contributed by atoms with E-state index in [1.165, 1.54) is 0 Å². The topological polar surface area (TPSA) is 124 Å². The van der Waals surface area contributed by atoms with Crippen LogP contribution in [-0.4, -0.2) is 60.3 Å². The number of benzene rings is 1. The molecule has 2 amide bonds. The zero-order valence-electron chi connectivity index (χ0n) is 19.6. The number of H-pyrrole nitrogens is 1. The molecule has 1 saturated heterocycles. The van der Waals surface area contributed by atoms with Crippen molar-refractivity contribution in [1.29, 1.82) is 0 Å². The van der Waals surface area contributed by atoms with E-state index in [9.17, 15) is 14.4 Å². The summed E-state index contributed by atoms with van der Waals surface area (Å²) in [5, 5.41) is 1.03. The van der Waals surface area contributed by atoms with Gasteiger partial charge in [-0.2, -0.15) is 0 Å². The van der Waals surface area contributed by atoms with Gasteiger partial charge >= 0.3 is 5.97 Å². The summed E-state index contributed by atoms with van der Waals surface area (Å²) in [7, 11) is 1.62. The predicted octanol–water partition coefficient (Wildman–Crippen LogP) is 2.37. The lowest BCUT2D eigenvalue weighted by atomic mass is 9.91. The van der Waals surface area contributed by atoms with Gasteiger partial charge < -0.3 is 29.8 Å². The quantitative estimate of drug-likeness (QED) is 0.497. The van der Waals surface area contributed by atoms with Crippen molar-refractivity contribution in [3.63, 3.8) is 0 Å². The molecule has 3 rings (SSSR count). The second-order valence-electron chi connectivity index (χ2n) is 8.60. The van der Waals surface area contributed by atoms with Crippen LogP contribution in [0.3, 0.4) is 0 Å². The van der Waals surface area contributed by atoms with E-state index >= 15 is 0 Å². The lowest BCUT2D eigenvalue weighted by molar-refractivity contribution is -0.171. The lowest BCUT2D eigenvalue weighted by Crippen LogP contribution is -2.48. The number of aromatic amines is 1. The van der Waals surface area contributed by atoms with Gasteiger partial charge in [-0.05, 0) is 37.0 Å². The summed E-state index contributed by atoms with van der Waals surface area (Å²) in [6.45, 7) is 6.21. The molecule has 9 heteroatoms. The normalized spacial score (nSPS) is 19.0. The second kappa shape index (κ2) is 10.7. The molecule has 0 spiro atoms. The monoisotopic (exact) mass is 459 g/mol. The molecule has 33 heavy (non-hydrogen) atoms. The number of nitrogens with two attached hydrogens (primary N) is 1. The SMILES string of the molecule is CCOC1OC(=O)CC1N(CCc1c[nH]c2cc(OC)ccc12)C(=O)CC(C(N)=O)C(C)C. The molecule has 3 unspecified atom stereocenters. The van der Waals surface area contributed by atoms with Gasteiger partial charge in [-0.25, -0.2) is 0 Å². The maximum atomic E-state index is 13.4. The van der Waals surface area contributed by atoms with E-state index in [4.69, 9.17) is 19.9 Å². The highest BCUT2D eigenvalue weighted by Crippen LogP contribution is 2.27. The van der Waals surface area contributed by atoms with Crippen LogP contribution in [0.1, 0.15) is 39.2 Å². The van der Waals surface area contributed by atoms with E-state index in [0.29, 0.717) is 19.6 Å². The fourth-order valence-electron chi connectivity index (χ4n) is 4.28. The molecule has 2 aromatic rings. The number of rotatable bonds is 11. The molecule has 1 aliphatic rings. The first-order valence-electron chi connectivity index (χ1n) is 11.3. The highest BCUT2D eigenvalue weighted by molar-refractivity contribution is 5.86. The first kappa shape index (κ1) is 24.6. The smallest absolute Gasteiger partial charge is 0.310 e. The van der Waals surface area contributed by atoms with Crippen LogP contribution < -0.4 is 10.5 Å². The Morgan fingerprint density at radius 3 is 2.73 bits per heavy atom. The summed E-state index contributed by atoms with van der Waals surface area (Å²) in [6.07, 6.45) is 1.64. The fourth-order valence-corrected chi connectivity index (χ4v) is 4.28. The van der Waals surface area contributed by atoms with E-state index in [0.717, 1.165) is 22.2 Å². The molecule has 0 radical (unpaired) electrons. The Morgan fingerprint density at radius 1 is 1.33 bits per heavy atom. The number of hydrogen-bond acceptors (Lipinski definition) is 6. The van der Waals surface area contributed by atoms with E-state index in [2.05, 4.69) is 4.98 Å². The molecule has 180 valence electrons. The standard InChI is InChI=1S/C24H33N3O6/c1-5-32-24-20(12-22(29)33-24)27(21(28)11-18(14(2)3)23(25)30)9-8-15-13-26-19-10-16(31-4)6-7-17(15)19/h6-7,10,13-14,18,20,24,26H,5,8-9,11-12H2,1-4H3,(H2,25,30). The molecule has 9 nitrogen and oxygen atoms in total. The van der Waals surface area contributed by atoms with Crippen molar-refractivity contribution in [3.8, 4) is 5.75 Å². The molecule has 3 atom stereocenters. The third kappa shape index (κ3) is 5.65. The largest absolute Gasteiger partial charge is 0.497 e. The molecular formula is C24H33N3O6. The number of primary amides is 1. The number of esters is 1. The second-order valence-corrected chi connectivity index (χ2v) is 8.60. The van der Waals surface area contributed by atoms with Crippen LogP contribution >= 0.6 is 0 Å². The van der Waals surface area contributed by atoms with Gasteiger partial charge in [0.05, 0.1) is 13.5 Å². The van der Waals surface area contributed by atoms with Crippen molar-refractivity contribution in [3.05, 3.63) is 30.0 Å². The lowest BCUT2D eigenvalue weighted by Gasteiger charge is -2.32. The van der Waals surface area contributed by atoms with E-state index in [1.54, 1.807) is 18.9 Å². The first-order chi connectivity index (χ1) is 15.7. The third-order valence-corrected chi connectivity index (χ3v) is 6.15. The van der Waals surface area contributed by atoms with Crippen LogP contribution in [0.5, 0.6) is 5.75 Å². The summed E-state index contributed by atoms with van der Waals surface area (Å²) in [5.41, 5.74) is 7.51. The van der Waals surface area contributed by atoms with Gasteiger partial charge in [0.2, 0.25) is 18.1 Å². The van der Waals surface area contributed by atoms with Crippen molar-refractivity contribution >= 4 is 28.7 Å². The summed E-state index contributed by atoms with van der Waals surface area (Å²) in [6, 6.07) is 5.21. The summed E-state index contributed by atoms with van der Waals surface area (Å²) >= 11 is 0. The maximum Gasteiger partial charge on any atom is 0.310 e. The predicted molar refractivity (Wildman–Crippen MR) is 122 cm³/mol. The molecular weight excluding hydrogens is 426 g/mol. The first-order valence-corrected chi connectivity index (χ1v) is 11.3. The number of carbonyl (C=O) groups is 3. The van der Waals surface area contributed by atoms with Crippen LogP contribution in [-0.2, 0) is 30.3 Å². The van der Waals surface area contributed by atoms with Crippen LogP contribution in [0.2, 0.25) is 0 Å². The highest BCUT2D eigenvalue weighted by atomic mass is 16.7. The average molecular weight is 460 g/mol. The van der Waals surface area contributed by atoms with Crippen molar-refractivity contribution in [1.82, 2.24) is 9.88 Å². The van der Waals surface area contributed by atoms with E-state index < -0.39 is 30.1 Å². The van der Waals surface area contributed by atoms with Crippen LogP contribution in [0.25, 0.3) is 10.9 Å². The highest BCUT2D eigenvalue weighted by Gasteiger charge is 2.42. The minimum atomic E-state index is -0.829. The van der Waals surface area contributed by atoms with Gasteiger partial charge in [0, 0.05) is 48.7 Å². The Balaban J connectivity index is 1.84. The zero-order valence-corrected chi connectivity index (χ0v) is 19.6. The van der Waals surface area contributed by atoms with Gasteiger partial charge in [-0.15, -0.1) is 0 Å². The number of nitrogens with zero attached hydrogens (tertiary/aromatic N) is 1. The minimum Gasteiger partial charge on any atom is -0.497 e. The van der Waals surface area contributed by atoms with Crippen LogP contribution in [0.4, 0.5) is 0 Å². The Bertz CT molecular complexity index is 1000. The number of hydrogen-bond donors (Lipinski definition) is 2. The van der Waals surface area contributed by atoms with E-state index in [-0.39, 0.29) is 24.7 Å². The molecule has 3 N–H and O–H groups in total. The number of amides is 2. The van der Waals surface area contributed by atoms with E-state index in [1.807, 2.05) is 38.2 Å². The Hall–Kier alpha value is -3.07. The number of carbonyl (C=O) groups excluding carboxylic acids is 3. The fraction of sp³-hybridized carbons (Fsp3) is 0.542. The van der Waals surface area contributed by atoms with Crippen molar-refractivity contribution in [2.75, 3.05) is 20.3 Å². The summed E-state index contributed by atoms with van der Waals surface area (Å²) < 4.78 is 16.2. The van der Waals surface area contributed by atoms with Gasteiger partial charge in [0.15, 0.2) is 0 Å². The van der Waals surface area contributed by atoms with Gasteiger partial charge in [0.25, 0.3) is 0 Å². The Labute approximate surface area is 193 Å². The van der Waals surface area contributed by atoms with Crippen LogP contribution in [0.15, 0.2) is 24.4 Å². The summed E-state index contributed by atoms with van der Waals surface area (Å²) in [4.78, 5) is 42.2. The number of ether oxygens (including phenoxy) is 3. The molecule has 2 heterocycles. The zero-order chi connectivity index (χ0) is 24.1. The molecule has 0 bridgehead atoms. The number of aromatic nitrogens is 1. The van der Waals surface area contributed by atoms with Crippen molar-refractivity contribution in [2.45, 2.75) is 52.4 Å². The maximum absolute atomic E-state index is 13.4. The molecule has 0 saturated carbocycles. The summed E-state index contributed by atoms with van der Waals surface area (Å²) in [5.74, 6) is -1.10. The molecule has 1 aromatic carbocycles. The number of cyclic esters (lactones) is 1. The van der Waals surface area contributed by atoms with Crippen molar-refractivity contribution < 1.29 is 28.6 Å². The number of fused-ring (bicyclic) bond motifs is 1. The molecule has 1 fully saturated rings. The third-order valence-electron chi connectivity index (χ3n) is 6.15. The average Bonchev–Trinajstić information content (AvgIpc) is 3.34. The minimum absolute atomic E-state index is 0.0262. The number of methoxy groups -OCH3 is 1. The Kier molecular flexibility index (Phi) is 7.97. The van der Waals surface area contributed by atoms with Crippen LogP contribution in [0, 0.1) is 11.8 Å². The number of nitrogens with one attached hydrogen (secondary N) is 1. The van der Waals surface area contributed by atoms with Crippen molar-refractivity contribution in [2.24, 2.45) is 17.6 Å². The molecule has 0 aliphatic carbocycles. The van der Waals surface area contributed by atoms with Gasteiger partial charge in [0.1, 0.15) is 11.8 Å². The van der Waals surface area contributed by atoms with Gasteiger partial charge in [-0.3, -0.25) is 14.4 Å². The van der Waals surface area contributed by atoms with Gasteiger partial charge in [-0.1, -0.05) is 13.8 Å². The Morgan fingerprint density at radius 2 is 2.09 bits per heavy atom. The molecule has 1 aliphatic heterocycles. The molecule has 1 aromatic heterocycles.